The van der Waals surface area contributed by atoms with Gasteiger partial charge in [-0.05, 0) is 93.9 Å². The molecule has 0 unspecified atom stereocenters. The number of allylic oxidation sites excluding steroid dienone is 4. The standard InChI is InChI=1S/C50H40N2/c1-5-37(51(38-19-8-6-9-20-38)39-21-10-7-11-22-39)30-28-34(2)35-29-31-46-44(32-35)48-49(43-26-16-17-27-45(43)50(48,3)4)52(46)47-33-36-18-12-13-23-40(36)41-24-14-15-25-42(41)47/h5-33H,2H2,1,3-4H3/b30-28-,37-5+. The van der Waals surface area contributed by atoms with Crippen molar-refractivity contribution < 1.29 is 0 Å². The molecule has 0 radical (unpaired) electrons. The molecule has 2 heteroatoms. The monoisotopic (exact) mass is 668 g/mol. The van der Waals surface area contributed by atoms with E-state index in [1.165, 1.54) is 60.5 Å². The fourth-order valence-electron chi connectivity index (χ4n) is 8.40. The van der Waals surface area contributed by atoms with Crippen molar-refractivity contribution in [1.82, 2.24) is 4.57 Å². The topological polar surface area (TPSA) is 8.17 Å². The fraction of sp³-hybridized carbons (Fsp3) is 0.0800. The van der Waals surface area contributed by atoms with Gasteiger partial charge in [-0.25, -0.2) is 0 Å². The Morgan fingerprint density at radius 2 is 1.23 bits per heavy atom. The van der Waals surface area contributed by atoms with Gasteiger partial charge < -0.3 is 9.47 Å². The van der Waals surface area contributed by atoms with Crippen LogP contribution >= 0.6 is 0 Å². The third kappa shape index (κ3) is 4.94. The second kappa shape index (κ2) is 12.4. The Morgan fingerprint density at radius 3 is 1.94 bits per heavy atom. The number of anilines is 2. The summed E-state index contributed by atoms with van der Waals surface area (Å²) in [5.41, 5.74) is 12.9. The van der Waals surface area contributed by atoms with Crippen LogP contribution in [0, 0.1) is 0 Å². The Labute approximate surface area is 305 Å². The molecule has 9 rings (SSSR count). The van der Waals surface area contributed by atoms with Gasteiger partial charge in [0.15, 0.2) is 0 Å². The number of fused-ring (bicyclic) bond motifs is 8. The van der Waals surface area contributed by atoms with Crippen molar-refractivity contribution in [2.45, 2.75) is 26.2 Å². The predicted octanol–water partition coefficient (Wildman–Crippen LogP) is 13.6. The molecule has 0 saturated carbocycles. The molecule has 0 N–H and O–H groups in total. The van der Waals surface area contributed by atoms with Crippen molar-refractivity contribution in [2.24, 2.45) is 0 Å². The van der Waals surface area contributed by atoms with Crippen LogP contribution in [0.15, 0.2) is 188 Å². The predicted molar refractivity (Wildman–Crippen MR) is 223 cm³/mol. The number of nitrogens with zero attached hydrogens (tertiary/aromatic N) is 2. The molecule has 0 bridgehead atoms. The Kier molecular flexibility index (Phi) is 7.56. The summed E-state index contributed by atoms with van der Waals surface area (Å²) in [5, 5.41) is 6.31. The van der Waals surface area contributed by atoms with Crippen LogP contribution in [-0.2, 0) is 5.41 Å². The van der Waals surface area contributed by atoms with Crippen molar-refractivity contribution in [3.8, 4) is 16.9 Å². The molecule has 1 heterocycles. The molecule has 0 amide bonds. The Morgan fingerprint density at radius 1 is 0.615 bits per heavy atom. The molecule has 0 fully saturated rings. The van der Waals surface area contributed by atoms with E-state index in [9.17, 15) is 0 Å². The number of hydrogen-bond donors (Lipinski definition) is 0. The Hall–Kier alpha value is -6.38. The van der Waals surface area contributed by atoms with Gasteiger partial charge in [-0.3, -0.25) is 0 Å². The van der Waals surface area contributed by atoms with Gasteiger partial charge in [0.1, 0.15) is 0 Å². The van der Waals surface area contributed by atoms with Crippen LogP contribution in [0.25, 0.3) is 55.0 Å². The third-order valence-electron chi connectivity index (χ3n) is 10.8. The molecule has 52 heavy (non-hydrogen) atoms. The Balaban J connectivity index is 1.21. The molecule has 250 valence electrons. The Bertz CT molecular complexity index is 2680. The van der Waals surface area contributed by atoms with Crippen molar-refractivity contribution in [3.05, 3.63) is 205 Å². The van der Waals surface area contributed by atoms with Gasteiger partial charge in [-0.1, -0.05) is 148 Å². The summed E-state index contributed by atoms with van der Waals surface area (Å²) in [6.45, 7) is 11.5. The minimum atomic E-state index is -0.179. The number of para-hydroxylation sites is 2. The summed E-state index contributed by atoms with van der Waals surface area (Å²) >= 11 is 0. The van der Waals surface area contributed by atoms with E-state index in [2.05, 4.69) is 213 Å². The summed E-state index contributed by atoms with van der Waals surface area (Å²) in [6, 6.07) is 56.9. The highest BCUT2D eigenvalue weighted by Crippen LogP contribution is 2.54. The molecule has 2 nitrogen and oxygen atoms in total. The highest BCUT2D eigenvalue weighted by Gasteiger charge is 2.40. The molecular weight excluding hydrogens is 629 g/mol. The zero-order valence-electron chi connectivity index (χ0n) is 29.8. The van der Waals surface area contributed by atoms with Gasteiger partial charge in [-0.15, -0.1) is 0 Å². The SMILES string of the molecule is C=C(/C=C\C(=C/C)N(c1ccccc1)c1ccccc1)c1ccc2c(c1)c1c(n2-c2cc3ccccc3c3ccccc23)-c2ccccc2C1(C)C. The maximum atomic E-state index is 4.61. The molecule has 1 aliphatic rings. The van der Waals surface area contributed by atoms with Crippen molar-refractivity contribution in [3.63, 3.8) is 0 Å². The quantitative estimate of drug-likeness (QED) is 0.121. The lowest BCUT2D eigenvalue weighted by Crippen LogP contribution is -2.15. The van der Waals surface area contributed by atoms with Gasteiger partial charge in [0.05, 0.1) is 16.9 Å². The summed E-state index contributed by atoms with van der Waals surface area (Å²) < 4.78 is 2.53. The average Bonchev–Trinajstić information content (AvgIpc) is 3.66. The van der Waals surface area contributed by atoms with Gasteiger partial charge in [-0.2, -0.15) is 0 Å². The van der Waals surface area contributed by atoms with Crippen molar-refractivity contribution in [2.75, 3.05) is 4.90 Å². The normalized spacial score (nSPS) is 13.6. The van der Waals surface area contributed by atoms with E-state index < -0.39 is 0 Å². The largest absolute Gasteiger partial charge is 0.311 e. The summed E-state index contributed by atoms with van der Waals surface area (Å²) in [6.07, 6.45) is 6.50. The highest BCUT2D eigenvalue weighted by atomic mass is 15.1. The lowest BCUT2D eigenvalue weighted by atomic mass is 9.81. The van der Waals surface area contributed by atoms with Crippen LogP contribution in [0.5, 0.6) is 0 Å². The molecule has 7 aromatic carbocycles. The number of hydrogen-bond acceptors (Lipinski definition) is 1. The molecular formula is C50H40N2. The molecule has 0 aliphatic heterocycles. The maximum absolute atomic E-state index is 4.61. The van der Waals surface area contributed by atoms with Crippen LogP contribution in [0.2, 0.25) is 0 Å². The van der Waals surface area contributed by atoms with E-state index in [4.69, 9.17) is 0 Å². The number of rotatable bonds is 7. The number of aromatic nitrogens is 1. The second-order valence-corrected chi connectivity index (χ2v) is 14.2. The van der Waals surface area contributed by atoms with Gasteiger partial charge in [0, 0.05) is 38.8 Å². The van der Waals surface area contributed by atoms with E-state index in [1.54, 1.807) is 0 Å². The highest BCUT2D eigenvalue weighted by molar-refractivity contribution is 6.13. The summed E-state index contributed by atoms with van der Waals surface area (Å²) in [5.74, 6) is 0. The maximum Gasteiger partial charge on any atom is 0.0585 e. The minimum absolute atomic E-state index is 0.179. The lowest BCUT2D eigenvalue weighted by molar-refractivity contribution is 0.666. The van der Waals surface area contributed by atoms with Gasteiger partial charge >= 0.3 is 0 Å². The molecule has 0 saturated heterocycles. The first-order valence-electron chi connectivity index (χ1n) is 18.1. The van der Waals surface area contributed by atoms with Gasteiger partial charge in [0.2, 0.25) is 0 Å². The van der Waals surface area contributed by atoms with Crippen LogP contribution in [0.4, 0.5) is 11.4 Å². The second-order valence-electron chi connectivity index (χ2n) is 14.2. The summed E-state index contributed by atoms with van der Waals surface area (Å²) in [7, 11) is 0. The van der Waals surface area contributed by atoms with Crippen LogP contribution in [-0.4, -0.2) is 4.57 Å². The molecule has 0 spiro atoms. The smallest absolute Gasteiger partial charge is 0.0585 e. The van der Waals surface area contributed by atoms with Crippen LogP contribution in [0.1, 0.15) is 37.5 Å². The van der Waals surface area contributed by atoms with Crippen LogP contribution < -0.4 is 4.90 Å². The van der Waals surface area contributed by atoms with Crippen molar-refractivity contribution >= 4 is 49.4 Å². The van der Waals surface area contributed by atoms with Crippen LogP contribution in [0.3, 0.4) is 0 Å². The van der Waals surface area contributed by atoms with E-state index in [0.29, 0.717) is 0 Å². The van der Waals surface area contributed by atoms with E-state index in [0.717, 1.165) is 28.2 Å². The first-order valence-corrected chi connectivity index (χ1v) is 18.1. The molecule has 0 atom stereocenters. The molecule has 1 aliphatic carbocycles. The summed E-state index contributed by atoms with van der Waals surface area (Å²) in [4.78, 5) is 2.29. The van der Waals surface area contributed by atoms with E-state index in [1.807, 2.05) is 0 Å². The average molecular weight is 669 g/mol. The lowest BCUT2D eigenvalue weighted by Gasteiger charge is -2.26. The number of benzene rings is 7. The molecule has 1 aromatic heterocycles. The van der Waals surface area contributed by atoms with E-state index >= 15 is 0 Å². The molecule has 8 aromatic rings. The van der Waals surface area contributed by atoms with Gasteiger partial charge in [0.25, 0.3) is 0 Å². The zero-order valence-corrected chi connectivity index (χ0v) is 29.8. The zero-order chi connectivity index (χ0) is 35.4. The first-order chi connectivity index (χ1) is 25.5. The fourth-order valence-corrected chi connectivity index (χ4v) is 8.40. The first kappa shape index (κ1) is 31.6. The third-order valence-corrected chi connectivity index (χ3v) is 10.8. The van der Waals surface area contributed by atoms with E-state index in [-0.39, 0.29) is 5.41 Å². The van der Waals surface area contributed by atoms with Crippen molar-refractivity contribution in [1.29, 1.82) is 0 Å². The minimum Gasteiger partial charge on any atom is -0.311 e.